The first kappa shape index (κ1) is 10.5. The summed E-state index contributed by atoms with van der Waals surface area (Å²) in [7, 11) is 0. The Hall–Kier alpha value is -1.05. The molecule has 0 N–H and O–H groups in total. The maximum Gasteiger partial charge on any atom is 0.140 e. The standard InChI is InChI=1S/C13H18O2/c14-13(9-11-7-8-15-10-11)12-5-3-1-2-4-6-12/h7-8,10,12H,1-6,9H2. The molecule has 2 rings (SSSR count). The SMILES string of the molecule is O=C(Cc1ccoc1)C1CCCCCC1. The van der Waals surface area contributed by atoms with Gasteiger partial charge in [0.05, 0.1) is 12.5 Å². The Labute approximate surface area is 90.7 Å². The van der Waals surface area contributed by atoms with Crippen molar-refractivity contribution in [3.63, 3.8) is 0 Å². The number of furan rings is 1. The molecule has 0 bridgehead atoms. The molecular formula is C13H18O2. The van der Waals surface area contributed by atoms with Crippen LogP contribution in [0.1, 0.15) is 44.1 Å². The zero-order valence-corrected chi connectivity index (χ0v) is 9.08. The first-order chi connectivity index (χ1) is 7.36. The largest absolute Gasteiger partial charge is 0.472 e. The van der Waals surface area contributed by atoms with Gasteiger partial charge in [-0.15, -0.1) is 0 Å². The van der Waals surface area contributed by atoms with Gasteiger partial charge in [0.2, 0.25) is 0 Å². The molecule has 1 heterocycles. The van der Waals surface area contributed by atoms with E-state index in [1.165, 1.54) is 25.7 Å². The van der Waals surface area contributed by atoms with E-state index >= 15 is 0 Å². The van der Waals surface area contributed by atoms with Gasteiger partial charge in [-0.25, -0.2) is 0 Å². The van der Waals surface area contributed by atoms with Crippen LogP contribution in [0.2, 0.25) is 0 Å². The smallest absolute Gasteiger partial charge is 0.140 e. The van der Waals surface area contributed by atoms with E-state index in [4.69, 9.17) is 4.42 Å². The zero-order valence-electron chi connectivity index (χ0n) is 9.08. The normalized spacial score (nSPS) is 18.7. The van der Waals surface area contributed by atoms with E-state index in [9.17, 15) is 4.79 Å². The third kappa shape index (κ3) is 2.95. The lowest BCUT2D eigenvalue weighted by molar-refractivity contribution is -0.122. The fourth-order valence-electron chi connectivity index (χ4n) is 2.34. The van der Waals surface area contributed by atoms with Gasteiger partial charge < -0.3 is 4.42 Å². The summed E-state index contributed by atoms with van der Waals surface area (Å²) in [6, 6.07) is 1.88. The molecule has 2 nitrogen and oxygen atoms in total. The summed E-state index contributed by atoms with van der Waals surface area (Å²) in [5.41, 5.74) is 1.02. The van der Waals surface area contributed by atoms with Gasteiger partial charge in [0, 0.05) is 12.3 Å². The van der Waals surface area contributed by atoms with Crippen molar-refractivity contribution in [1.82, 2.24) is 0 Å². The van der Waals surface area contributed by atoms with Crippen LogP contribution in [0.5, 0.6) is 0 Å². The van der Waals surface area contributed by atoms with Crippen LogP contribution < -0.4 is 0 Å². The van der Waals surface area contributed by atoms with E-state index in [0.717, 1.165) is 18.4 Å². The number of carbonyl (C=O) groups excluding carboxylic acids is 1. The van der Waals surface area contributed by atoms with E-state index in [2.05, 4.69) is 0 Å². The Kier molecular flexibility index (Phi) is 3.59. The van der Waals surface area contributed by atoms with Crippen molar-refractivity contribution in [3.05, 3.63) is 24.2 Å². The molecule has 2 heteroatoms. The van der Waals surface area contributed by atoms with Crippen molar-refractivity contribution in [2.24, 2.45) is 5.92 Å². The molecule has 0 aromatic carbocycles. The Bertz CT molecular complexity index is 292. The summed E-state index contributed by atoms with van der Waals surface area (Å²) >= 11 is 0. The summed E-state index contributed by atoms with van der Waals surface area (Å²) in [5, 5.41) is 0. The van der Waals surface area contributed by atoms with Crippen LogP contribution in [-0.4, -0.2) is 5.78 Å². The summed E-state index contributed by atoms with van der Waals surface area (Å²) in [5.74, 6) is 0.709. The minimum Gasteiger partial charge on any atom is -0.472 e. The van der Waals surface area contributed by atoms with Crippen LogP contribution in [0.4, 0.5) is 0 Å². The highest BCUT2D eigenvalue weighted by Gasteiger charge is 2.20. The van der Waals surface area contributed by atoms with Crippen molar-refractivity contribution in [2.75, 3.05) is 0 Å². The number of Topliss-reactive ketones (excluding diaryl/α,β-unsaturated/α-hetero) is 1. The summed E-state index contributed by atoms with van der Waals surface area (Å²) in [6.45, 7) is 0. The van der Waals surface area contributed by atoms with Crippen molar-refractivity contribution in [2.45, 2.75) is 44.9 Å². The van der Waals surface area contributed by atoms with E-state index in [-0.39, 0.29) is 0 Å². The molecule has 0 saturated heterocycles. The highest BCUT2D eigenvalue weighted by Crippen LogP contribution is 2.24. The van der Waals surface area contributed by atoms with Gasteiger partial charge in [-0.2, -0.15) is 0 Å². The molecule has 0 aliphatic heterocycles. The van der Waals surface area contributed by atoms with Crippen LogP contribution >= 0.6 is 0 Å². The lowest BCUT2D eigenvalue weighted by Gasteiger charge is -2.11. The molecule has 1 fully saturated rings. The summed E-state index contributed by atoms with van der Waals surface area (Å²) in [4.78, 5) is 12.0. The van der Waals surface area contributed by atoms with E-state index < -0.39 is 0 Å². The van der Waals surface area contributed by atoms with Gasteiger partial charge in [0.15, 0.2) is 0 Å². The Balaban J connectivity index is 1.89. The molecule has 1 aromatic heterocycles. The zero-order chi connectivity index (χ0) is 10.5. The third-order valence-corrected chi connectivity index (χ3v) is 3.27. The van der Waals surface area contributed by atoms with Gasteiger partial charge in [0.25, 0.3) is 0 Å². The lowest BCUT2D eigenvalue weighted by atomic mass is 9.92. The number of rotatable bonds is 3. The van der Waals surface area contributed by atoms with E-state index in [0.29, 0.717) is 18.1 Å². The van der Waals surface area contributed by atoms with Gasteiger partial charge >= 0.3 is 0 Å². The average Bonchev–Trinajstić information content (AvgIpc) is 2.58. The van der Waals surface area contributed by atoms with Gasteiger partial charge in [-0.1, -0.05) is 25.7 Å². The molecular weight excluding hydrogens is 188 g/mol. The van der Waals surface area contributed by atoms with Crippen LogP contribution in [0.3, 0.4) is 0 Å². The van der Waals surface area contributed by atoms with E-state index in [1.54, 1.807) is 12.5 Å². The van der Waals surface area contributed by atoms with Gasteiger partial charge in [-0.3, -0.25) is 4.79 Å². The average molecular weight is 206 g/mol. The monoisotopic (exact) mass is 206 g/mol. The van der Waals surface area contributed by atoms with E-state index in [1.807, 2.05) is 6.07 Å². The molecule has 1 aliphatic rings. The maximum absolute atomic E-state index is 12.0. The second-order valence-corrected chi connectivity index (χ2v) is 4.46. The van der Waals surface area contributed by atoms with Crippen LogP contribution in [-0.2, 0) is 11.2 Å². The number of carbonyl (C=O) groups is 1. The van der Waals surface area contributed by atoms with Crippen molar-refractivity contribution >= 4 is 5.78 Å². The fraction of sp³-hybridized carbons (Fsp3) is 0.615. The Morgan fingerprint density at radius 3 is 2.60 bits per heavy atom. The van der Waals surface area contributed by atoms with Crippen LogP contribution in [0.15, 0.2) is 23.0 Å². The molecule has 0 atom stereocenters. The first-order valence-corrected chi connectivity index (χ1v) is 5.90. The number of hydrogen-bond acceptors (Lipinski definition) is 2. The maximum atomic E-state index is 12.0. The molecule has 82 valence electrons. The first-order valence-electron chi connectivity index (χ1n) is 5.90. The third-order valence-electron chi connectivity index (χ3n) is 3.27. The lowest BCUT2D eigenvalue weighted by Crippen LogP contribution is -2.15. The second-order valence-electron chi connectivity index (χ2n) is 4.46. The minimum absolute atomic E-state index is 0.308. The Morgan fingerprint density at radius 1 is 1.27 bits per heavy atom. The Morgan fingerprint density at radius 2 is 2.00 bits per heavy atom. The predicted octanol–water partition coefficient (Wildman–Crippen LogP) is 3.36. The molecule has 1 aliphatic carbocycles. The highest BCUT2D eigenvalue weighted by atomic mass is 16.3. The van der Waals surface area contributed by atoms with Crippen molar-refractivity contribution in [3.8, 4) is 0 Å². The molecule has 1 saturated carbocycles. The molecule has 0 spiro atoms. The van der Waals surface area contributed by atoms with Crippen molar-refractivity contribution < 1.29 is 9.21 Å². The molecule has 15 heavy (non-hydrogen) atoms. The molecule has 0 radical (unpaired) electrons. The molecule has 0 unspecified atom stereocenters. The quantitative estimate of drug-likeness (QED) is 0.710. The van der Waals surface area contributed by atoms with Crippen LogP contribution in [0, 0.1) is 5.92 Å². The van der Waals surface area contributed by atoms with Crippen LogP contribution in [0.25, 0.3) is 0 Å². The van der Waals surface area contributed by atoms with Gasteiger partial charge in [0.1, 0.15) is 5.78 Å². The molecule has 1 aromatic rings. The molecule has 0 amide bonds. The highest BCUT2D eigenvalue weighted by molar-refractivity contribution is 5.83. The van der Waals surface area contributed by atoms with Crippen molar-refractivity contribution in [1.29, 1.82) is 0 Å². The fourth-order valence-corrected chi connectivity index (χ4v) is 2.34. The van der Waals surface area contributed by atoms with Gasteiger partial charge in [-0.05, 0) is 24.5 Å². The number of hydrogen-bond donors (Lipinski definition) is 0. The topological polar surface area (TPSA) is 30.2 Å². The summed E-state index contributed by atoms with van der Waals surface area (Å²) < 4.78 is 4.98. The minimum atomic E-state index is 0.308. The second kappa shape index (κ2) is 5.15. The number of ketones is 1. The predicted molar refractivity (Wildman–Crippen MR) is 58.6 cm³/mol. The summed E-state index contributed by atoms with van der Waals surface area (Å²) in [6.07, 6.45) is 11.1.